The molecule has 1 aliphatic heterocycles. The molecule has 0 bridgehead atoms. The number of sulfonamides is 1. The summed E-state index contributed by atoms with van der Waals surface area (Å²) in [7, 11) is -3.69. The van der Waals surface area contributed by atoms with Crippen molar-refractivity contribution in [1.29, 1.82) is 0 Å². The zero-order valence-electron chi connectivity index (χ0n) is 15.9. The minimum Gasteiger partial charge on any atom is -0.326 e. The van der Waals surface area contributed by atoms with Crippen molar-refractivity contribution in [1.82, 2.24) is 4.31 Å². The molecule has 154 valence electrons. The van der Waals surface area contributed by atoms with Crippen LogP contribution in [-0.4, -0.2) is 37.6 Å². The lowest BCUT2D eigenvalue weighted by molar-refractivity contribution is -0.121. The molecule has 1 heterocycles. The van der Waals surface area contributed by atoms with Crippen LogP contribution >= 0.6 is 11.6 Å². The van der Waals surface area contributed by atoms with Crippen molar-refractivity contribution < 1.29 is 18.0 Å². The van der Waals surface area contributed by atoms with Gasteiger partial charge < -0.3 is 10.6 Å². The molecule has 0 aromatic heterocycles. The lowest BCUT2D eigenvalue weighted by atomic mass is 9.98. The number of anilines is 2. The fourth-order valence-electron chi connectivity index (χ4n) is 3.25. The molecule has 29 heavy (non-hydrogen) atoms. The van der Waals surface area contributed by atoms with Crippen molar-refractivity contribution in [3.8, 4) is 0 Å². The monoisotopic (exact) mass is 435 g/mol. The standard InChI is InChI=1S/C20H22ClN3O4S/c1-14(25)22-17-5-2-6-18(12-17)23-20(26)15-4-3-11-24(13-15)29(27,28)19-9-7-16(21)8-10-19/h2,5-10,12,15H,3-4,11,13H2,1H3,(H,22,25)(H,23,26)/t15-/m1/s1. The fourth-order valence-corrected chi connectivity index (χ4v) is 4.90. The number of nitrogens with zero attached hydrogens (tertiary/aromatic N) is 1. The van der Waals surface area contributed by atoms with Gasteiger partial charge >= 0.3 is 0 Å². The van der Waals surface area contributed by atoms with Gasteiger partial charge in [0, 0.05) is 36.4 Å². The zero-order valence-corrected chi connectivity index (χ0v) is 17.5. The number of carbonyl (C=O) groups excluding carboxylic acids is 2. The largest absolute Gasteiger partial charge is 0.326 e. The summed E-state index contributed by atoms with van der Waals surface area (Å²) in [5, 5.41) is 5.93. The van der Waals surface area contributed by atoms with E-state index in [2.05, 4.69) is 10.6 Å². The number of carbonyl (C=O) groups is 2. The van der Waals surface area contributed by atoms with E-state index in [4.69, 9.17) is 11.6 Å². The number of amides is 2. The third-order valence-corrected chi connectivity index (χ3v) is 6.79. The number of hydrogen-bond donors (Lipinski definition) is 2. The smallest absolute Gasteiger partial charge is 0.243 e. The van der Waals surface area contributed by atoms with Crippen LogP contribution in [0, 0.1) is 5.92 Å². The van der Waals surface area contributed by atoms with Gasteiger partial charge in [-0.3, -0.25) is 9.59 Å². The molecule has 0 saturated carbocycles. The number of nitrogens with one attached hydrogen (secondary N) is 2. The molecule has 0 spiro atoms. The SMILES string of the molecule is CC(=O)Nc1cccc(NC(=O)[C@@H]2CCCN(S(=O)(=O)c3ccc(Cl)cc3)C2)c1. The van der Waals surface area contributed by atoms with Crippen LogP contribution in [0.2, 0.25) is 5.02 Å². The van der Waals surface area contributed by atoms with E-state index >= 15 is 0 Å². The third kappa shape index (κ3) is 5.35. The number of hydrogen-bond acceptors (Lipinski definition) is 4. The Labute approximate surface area is 175 Å². The topological polar surface area (TPSA) is 95.6 Å². The van der Waals surface area contributed by atoms with E-state index < -0.39 is 15.9 Å². The van der Waals surface area contributed by atoms with Crippen molar-refractivity contribution >= 4 is 44.8 Å². The van der Waals surface area contributed by atoms with Crippen molar-refractivity contribution in [2.75, 3.05) is 23.7 Å². The van der Waals surface area contributed by atoms with Gasteiger partial charge in [-0.1, -0.05) is 17.7 Å². The van der Waals surface area contributed by atoms with Crippen LogP contribution < -0.4 is 10.6 Å². The van der Waals surface area contributed by atoms with Crippen LogP contribution in [0.15, 0.2) is 53.4 Å². The van der Waals surface area contributed by atoms with E-state index in [1.807, 2.05) is 0 Å². The van der Waals surface area contributed by atoms with Crippen LogP contribution in [0.25, 0.3) is 0 Å². The van der Waals surface area contributed by atoms with Gasteiger partial charge in [-0.25, -0.2) is 8.42 Å². The Kier molecular flexibility index (Phi) is 6.56. The third-order valence-electron chi connectivity index (χ3n) is 4.66. The van der Waals surface area contributed by atoms with Crippen LogP contribution in [0.3, 0.4) is 0 Å². The maximum Gasteiger partial charge on any atom is 0.243 e. The van der Waals surface area contributed by atoms with Gasteiger partial charge in [-0.2, -0.15) is 4.31 Å². The van der Waals surface area contributed by atoms with Crippen LogP contribution in [-0.2, 0) is 19.6 Å². The molecular formula is C20H22ClN3O4S. The summed E-state index contributed by atoms with van der Waals surface area (Å²) >= 11 is 5.84. The highest BCUT2D eigenvalue weighted by atomic mass is 35.5. The first-order chi connectivity index (χ1) is 13.8. The molecule has 1 saturated heterocycles. The van der Waals surface area contributed by atoms with Crippen molar-refractivity contribution in [2.24, 2.45) is 5.92 Å². The first-order valence-electron chi connectivity index (χ1n) is 9.20. The molecule has 0 radical (unpaired) electrons. The lowest BCUT2D eigenvalue weighted by Gasteiger charge is -2.31. The van der Waals surface area contributed by atoms with E-state index in [1.54, 1.807) is 24.3 Å². The highest BCUT2D eigenvalue weighted by Crippen LogP contribution is 2.26. The molecule has 1 fully saturated rings. The summed E-state index contributed by atoms with van der Waals surface area (Å²) in [6.07, 6.45) is 1.20. The molecule has 2 N–H and O–H groups in total. The molecule has 1 aliphatic rings. The summed E-state index contributed by atoms with van der Waals surface area (Å²) in [5.74, 6) is -0.917. The second-order valence-electron chi connectivity index (χ2n) is 6.91. The molecule has 9 heteroatoms. The summed E-state index contributed by atoms with van der Waals surface area (Å²) < 4.78 is 27.1. The zero-order chi connectivity index (χ0) is 21.0. The molecule has 3 rings (SSSR count). The normalized spacial score (nSPS) is 17.5. The summed E-state index contributed by atoms with van der Waals surface area (Å²) in [4.78, 5) is 24.1. The first-order valence-corrected chi connectivity index (χ1v) is 11.0. The van der Waals surface area contributed by atoms with Crippen molar-refractivity contribution in [3.63, 3.8) is 0 Å². The Balaban J connectivity index is 1.69. The molecule has 1 atom stereocenters. The highest BCUT2D eigenvalue weighted by molar-refractivity contribution is 7.89. The Morgan fingerprint density at radius 2 is 1.72 bits per heavy atom. The minimum absolute atomic E-state index is 0.113. The summed E-state index contributed by atoms with van der Waals surface area (Å²) in [5.41, 5.74) is 1.12. The Hall–Kier alpha value is -2.42. The Bertz CT molecular complexity index is 1010. The molecule has 7 nitrogen and oxygen atoms in total. The van der Waals surface area contributed by atoms with Gasteiger partial charge in [0.25, 0.3) is 0 Å². The maximum atomic E-state index is 12.9. The van der Waals surface area contributed by atoms with Gasteiger partial charge in [0.05, 0.1) is 10.8 Å². The Morgan fingerprint density at radius 1 is 1.07 bits per heavy atom. The predicted molar refractivity (Wildman–Crippen MR) is 112 cm³/mol. The van der Waals surface area contributed by atoms with Gasteiger partial charge in [0.1, 0.15) is 0 Å². The van der Waals surface area contributed by atoms with E-state index in [1.165, 1.54) is 35.5 Å². The maximum absolute atomic E-state index is 12.9. The molecule has 2 amide bonds. The van der Waals surface area contributed by atoms with Gasteiger partial charge in [-0.05, 0) is 55.3 Å². The lowest BCUT2D eigenvalue weighted by Crippen LogP contribution is -2.43. The minimum atomic E-state index is -3.69. The first kappa shape index (κ1) is 21.3. The van der Waals surface area contributed by atoms with Gasteiger partial charge in [-0.15, -0.1) is 0 Å². The summed E-state index contributed by atoms with van der Waals surface area (Å²) in [6, 6.07) is 12.8. The van der Waals surface area contributed by atoms with Crippen LogP contribution in [0.1, 0.15) is 19.8 Å². The number of halogens is 1. The van der Waals surface area contributed by atoms with E-state index in [9.17, 15) is 18.0 Å². The Morgan fingerprint density at radius 3 is 2.38 bits per heavy atom. The number of piperidine rings is 1. The molecule has 0 aliphatic carbocycles. The molecular weight excluding hydrogens is 414 g/mol. The second kappa shape index (κ2) is 8.94. The van der Waals surface area contributed by atoms with Gasteiger partial charge in [0.15, 0.2) is 0 Å². The summed E-state index contributed by atoms with van der Waals surface area (Å²) in [6.45, 7) is 1.89. The fraction of sp³-hybridized carbons (Fsp3) is 0.300. The number of benzene rings is 2. The van der Waals surface area contributed by atoms with Crippen LogP contribution in [0.5, 0.6) is 0 Å². The second-order valence-corrected chi connectivity index (χ2v) is 9.28. The van der Waals surface area contributed by atoms with Gasteiger partial charge in [0.2, 0.25) is 21.8 Å². The van der Waals surface area contributed by atoms with E-state index in [0.29, 0.717) is 35.8 Å². The average Bonchev–Trinajstić information content (AvgIpc) is 2.68. The quantitative estimate of drug-likeness (QED) is 0.752. The highest BCUT2D eigenvalue weighted by Gasteiger charge is 2.33. The van der Waals surface area contributed by atoms with Crippen LogP contribution in [0.4, 0.5) is 11.4 Å². The molecule has 2 aromatic carbocycles. The van der Waals surface area contributed by atoms with E-state index in [0.717, 1.165) is 0 Å². The van der Waals surface area contributed by atoms with Crippen molar-refractivity contribution in [3.05, 3.63) is 53.6 Å². The molecule has 2 aromatic rings. The van der Waals surface area contributed by atoms with Crippen molar-refractivity contribution in [2.45, 2.75) is 24.7 Å². The number of rotatable bonds is 5. The average molecular weight is 436 g/mol. The molecule has 0 unspecified atom stereocenters. The predicted octanol–water partition coefficient (Wildman–Crippen LogP) is 3.34. The van der Waals surface area contributed by atoms with E-state index in [-0.39, 0.29) is 23.3 Å².